The van der Waals surface area contributed by atoms with E-state index in [9.17, 15) is 0 Å². The number of hydrogen-bond acceptors (Lipinski definition) is 3. The fraction of sp³-hybridized carbons (Fsp3) is 0.308. The number of aryl methyl sites for hydroxylation is 1. The summed E-state index contributed by atoms with van der Waals surface area (Å²) in [5, 5.41) is 0. The molecule has 0 atom stereocenters. The largest absolute Gasteiger partial charge is 0.496 e. The monoisotopic (exact) mass is 310 g/mol. The highest BCUT2D eigenvalue weighted by Gasteiger charge is 2.11. The second-order valence-electron chi connectivity index (χ2n) is 3.98. The molecule has 1 aromatic heterocycles. The number of aromatic nitrogens is 2. The van der Waals surface area contributed by atoms with E-state index in [0.29, 0.717) is 6.42 Å². The Morgan fingerprint density at radius 3 is 2.50 bits per heavy atom. The van der Waals surface area contributed by atoms with Gasteiger partial charge in [0.05, 0.1) is 26.2 Å². The third-order valence-electron chi connectivity index (χ3n) is 2.83. The first-order valence-electron chi connectivity index (χ1n) is 5.55. The normalized spacial score (nSPS) is 10.4. The maximum atomic E-state index is 5.41. The number of imidazole rings is 1. The molecule has 4 nitrogen and oxygen atoms in total. The number of H-pyrrole nitrogens is 1. The Balaban J connectivity index is 2.39. The van der Waals surface area contributed by atoms with Crippen LogP contribution in [0.15, 0.2) is 23.1 Å². The van der Waals surface area contributed by atoms with Crippen LogP contribution in [0.2, 0.25) is 0 Å². The molecule has 0 saturated carbocycles. The zero-order valence-corrected chi connectivity index (χ0v) is 12.2. The maximum absolute atomic E-state index is 5.41. The van der Waals surface area contributed by atoms with Crippen molar-refractivity contribution in [3.05, 3.63) is 39.9 Å². The second-order valence-corrected chi connectivity index (χ2v) is 4.73. The Hall–Kier alpha value is -1.49. The smallest absolute Gasteiger partial charge is 0.127 e. The number of nitrogens with one attached hydrogen (secondary N) is 1. The van der Waals surface area contributed by atoms with Gasteiger partial charge in [0.2, 0.25) is 0 Å². The van der Waals surface area contributed by atoms with E-state index < -0.39 is 0 Å². The number of methoxy groups -OCH3 is 2. The number of benzene rings is 1. The Morgan fingerprint density at radius 2 is 1.94 bits per heavy atom. The van der Waals surface area contributed by atoms with Gasteiger partial charge in [-0.1, -0.05) is 0 Å². The van der Waals surface area contributed by atoms with Crippen LogP contribution in [0, 0.1) is 6.92 Å². The summed E-state index contributed by atoms with van der Waals surface area (Å²) < 4.78 is 11.6. The van der Waals surface area contributed by atoms with Crippen LogP contribution >= 0.6 is 15.9 Å². The lowest BCUT2D eigenvalue weighted by Crippen LogP contribution is -1.98. The maximum Gasteiger partial charge on any atom is 0.127 e. The average Bonchev–Trinajstić information content (AvgIpc) is 2.76. The Kier molecular flexibility index (Phi) is 3.91. The third-order valence-corrected chi connectivity index (χ3v) is 3.51. The van der Waals surface area contributed by atoms with E-state index in [-0.39, 0.29) is 0 Å². The van der Waals surface area contributed by atoms with Crippen molar-refractivity contribution < 1.29 is 9.47 Å². The molecule has 18 heavy (non-hydrogen) atoms. The number of nitrogens with zero attached hydrogens (tertiary/aromatic N) is 1. The predicted molar refractivity (Wildman–Crippen MR) is 73.4 cm³/mol. The van der Waals surface area contributed by atoms with E-state index in [1.54, 1.807) is 20.5 Å². The molecule has 0 aliphatic rings. The highest BCUT2D eigenvalue weighted by Crippen LogP contribution is 2.30. The number of rotatable bonds is 4. The van der Waals surface area contributed by atoms with Crippen molar-refractivity contribution >= 4 is 15.9 Å². The highest BCUT2D eigenvalue weighted by molar-refractivity contribution is 9.10. The third kappa shape index (κ3) is 2.51. The molecule has 0 spiro atoms. The average molecular weight is 311 g/mol. The van der Waals surface area contributed by atoms with Crippen LogP contribution in [0.3, 0.4) is 0 Å². The fourth-order valence-corrected chi connectivity index (χ4v) is 2.23. The zero-order chi connectivity index (χ0) is 13.1. The molecule has 96 valence electrons. The van der Waals surface area contributed by atoms with Gasteiger partial charge in [0.25, 0.3) is 0 Å². The summed E-state index contributed by atoms with van der Waals surface area (Å²) in [6.45, 7) is 2.00. The molecule has 2 aromatic rings. The predicted octanol–water partition coefficient (Wildman–Crippen LogP) is 3.09. The molecule has 0 saturated heterocycles. The van der Waals surface area contributed by atoms with Crippen LogP contribution in [0.4, 0.5) is 0 Å². The van der Waals surface area contributed by atoms with Crippen LogP contribution < -0.4 is 9.47 Å². The van der Waals surface area contributed by atoms with E-state index in [0.717, 1.165) is 32.9 Å². The van der Waals surface area contributed by atoms with Crippen molar-refractivity contribution in [3.63, 3.8) is 0 Å². The summed E-state index contributed by atoms with van der Waals surface area (Å²) in [5.41, 5.74) is 3.13. The molecule has 0 fully saturated rings. The molecule has 0 amide bonds. The highest BCUT2D eigenvalue weighted by atomic mass is 79.9. The minimum atomic E-state index is 0.709. The summed E-state index contributed by atoms with van der Waals surface area (Å²) in [5.74, 6) is 1.72. The molecule has 5 heteroatoms. The van der Waals surface area contributed by atoms with Gasteiger partial charge >= 0.3 is 0 Å². The molecular weight excluding hydrogens is 296 g/mol. The quantitative estimate of drug-likeness (QED) is 0.944. The van der Waals surface area contributed by atoms with Crippen LogP contribution in [-0.2, 0) is 6.42 Å². The van der Waals surface area contributed by atoms with Gasteiger partial charge in [0.1, 0.15) is 16.1 Å². The van der Waals surface area contributed by atoms with E-state index in [2.05, 4.69) is 25.9 Å². The second kappa shape index (κ2) is 5.44. The van der Waals surface area contributed by atoms with Crippen LogP contribution in [0.25, 0.3) is 0 Å². The first-order valence-corrected chi connectivity index (χ1v) is 6.34. The van der Waals surface area contributed by atoms with Crippen molar-refractivity contribution in [2.24, 2.45) is 0 Å². The van der Waals surface area contributed by atoms with Gasteiger partial charge in [0.15, 0.2) is 0 Å². The van der Waals surface area contributed by atoms with Gasteiger partial charge in [-0.2, -0.15) is 0 Å². The van der Waals surface area contributed by atoms with Gasteiger partial charge < -0.3 is 14.5 Å². The van der Waals surface area contributed by atoms with Gasteiger partial charge in [0, 0.05) is 12.0 Å². The summed E-state index contributed by atoms with van der Waals surface area (Å²) in [6, 6.07) is 3.99. The summed E-state index contributed by atoms with van der Waals surface area (Å²) in [4.78, 5) is 7.22. The van der Waals surface area contributed by atoms with Crippen molar-refractivity contribution in [1.82, 2.24) is 9.97 Å². The van der Waals surface area contributed by atoms with E-state index in [4.69, 9.17) is 9.47 Å². The van der Waals surface area contributed by atoms with E-state index in [1.807, 2.05) is 19.1 Å². The first kappa shape index (κ1) is 13.0. The van der Waals surface area contributed by atoms with Crippen LogP contribution in [0.5, 0.6) is 11.5 Å². The molecule has 0 aliphatic heterocycles. The SMILES string of the molecule is COc1cc(Cc2[nH]cnc2Br)c(OC)cc1C. The Morgan fingerprint density at radius 1 is 1.22 bits per heavy atom. The lowest BCUT2D eigenvalue weighted by atomic mass is 10.1. The molecular formula is C13H15BrN2O2. The van der Waals surface area contributed by atoms with Gasteiger partial charge in [-0.05, 0) is 40.5 Å². The zero-order valence-electron chi connectivity index (χ0n) is 10.6. The molecule has 1 N–H and O–H groups in total. The minimum absolute atomic E-state index is 0.709. The van der Waals surface area contributed by atoms with E-state index in [1.165, 1.54) is 0 Å². The van der Waals surface area contributed by atoms with Crippen LogP contribution in [0.1, 0.15) is 16.8 Å². The molecule has 0 unspecified atom stereocenters. The summed E-state index contributed by atoms with van der Waals surface area (Å²) in [7, 11) is 3.34. The van der Waals surface area contributed by atoms with Crippen molar-refractivity contribution in [2.75, 3.05) is 14.2 Å². The Bertz CT molecular complexity index is 552. The van der Waals surface area contributed by atoms with Gasteiger partial charge in [-0.15, -0.1) is 0 Å². The Labute approximate surface area is 114 Å². The number of ether oxygens (including phenoxy) is 2. The lowest BCUT2D eigenvalue weighted by molar-refractivity contribution is 0.397. The fourth-order valence-electron chi connectivity index (χ4n) is 1.87. The van der Waals surface area contributed by atoms with Crippen molar-refractivity contribution in [1.29, 1.82) is 0 Å². The number of aromatic amines is 1. The van der Waals surface area contributed by atoms with Crippen LogP contribution in [-0.4, -0.2) is 24.2 Å². The summed E-state index contributed by atoms with van der Waals surface area (Å²) in [6.07, 6.45) is 2.37. The topological polar surface area (TPSA) is 47.1 Å². The van der Waals surface area contributed by atoms with E-state index >= 15 is 0 Å². The molecule has 2 rings (SSSR count). The summed E-state index contributed by atoms with van der Waals surface area (Å²) >= 11 is 3.41. The van der Waals surface area contributed by atoms with Crippen molar-refractivity contribution in [3.8, 4) is 11.5 Å². The minimum Gasteiger partial charge on any atom is -0.496 e. The standard InChI is InChI=1S/C13H15BrN2O2/c1-8-4-12(18-3)9(6-11(8)17-2)5-10-13(14)16-7-15-10/h4,6-7H,5H2,1-3H3,(H,15,16). The molecule has 0 aliphatic carbocycles. The molecule has 1 aromatic carbocycles. The number of hydrogen-bond donors (Lipinski definition) is 1. The van der Waals surface area contributed by atoms with Gasteiger partial charge in [-0.25, -0.2) is 4.98 Å². The first-order chi connectivity index (χ1) is 8.65. The van der Waals surface area contributed by atoms with Crippen molar-refractivity contribution in [2.45, 2.75) is 13.3 Å². The molecule has 1 heterocycles. The molecule has 0 radical (unpaired) electrons. The number of halogens is 1. The lowest BCUT2D eigenvalue weighted by Gasteiger charge is -2.12. The molecule has 0 bridgehead atoms. The van der Waals surface area contributed by atoms with Gasteiger partial charge in [-0.3, -0.25) is 0 Å².